The summed E-state index contributed by atoms with van der Waals surface area (Å²) in [4.78, 5) is 0. The van der Waals surface area contributed by atoms with Gasteiger partial charge in [0.05, 0.1) is 12.7 Å². The first-order valence-corrected chi connectivity index (χ1v) is 6.33. The van der Waals surface area contributed by atoms with E-state index in [4.69, 9.17) is 9.47 Å². The number of ether oxygens (including phenoxy) is 2. The van der Waals surface area contributed by atoms with Gasteiger partial charge in [0.1, 0.15) is 12.4 Å². The van der Waals surface area contributed by atoms with E-state index < -0.39 is 0 Å². The molecule has 1 aromatic carbocycles. The standard InChI is InChI=1S/C14H20O3/c1-2-16-9-10-17-14-8-4-5-11-12(14)6-3-7-13(11)15/h4-5,8,13,15H,2-3,6-7,9-10H2,1H3. The Kier molecular flexibility index (Phi) is 4.40. The van der Waals surface area contributed by atoms with Crippen molar-refractivity contribution < 1.29 is 14.6 Å². The van der Waals surface area contributed by atoms with Crippen LogP contribution in [0.15, 0.2) is 18.2 Å². The molecule has 1 atom stereocenters. The zero-order chi connectivity index (χ0) is 12.1. The fraction of sp³-hybridized carbons (Fsp3) is 0.571. The van der Waals surface area contributed by atoms with Crippen LogP contribution in [-0.4, -0.2) is 24.9 Å². The van der Waals surface area contributed by atoms with Crippen LogP contribution >= 0.6 is 0 Å². The van der Waals surface area contributed by atoms with Gasteiger partial charge >= 0.3 is 0 Å². The first-order valence-electron chi connectivity index (χ1n) is 6.33. The van der Waals surface area contributed by atoms with Gasteiger partial charge in [-0.05, 0) is 43.4 Å². The molecular formula is C14H20O3. The third-order valence-corrected chi connectivity index (χ3v) is 3.12. The highest BCUT2D eigenvalue weighted by molar-refractivity contribution is 5.42. The average Bonchev–Trinajstić information content (AvgIpc) is 2.36. The molecule has 17 heavy (non-hydrogen) atoms. The third kappa shape index (κ3) is 2.99. The fourth-order valence-electron chi connectivity index (χ4n) is 2.28. The van der Waals surface area contributed by atoms with Crippen LogP contribution in [0.3, 0.4) is 0 Å². The lowest BCUT2D eigenvalue weighted by Crippen LogP contribution is -2.13. The first kappa shape index (κ1) is 12.4. The summed E-state index contributed by atoms with van der Waals surface area (Å²) in [6.07, 6.45) is 2.56. The summed E-state index contributed by atoms with van der Waals surface area (Å²) in [5.74, 6) is 0.904. The largest absolute Gasteiger partial charge is 0.491 e. The predicted molar refractivity (Wildman–Crippen MR) is 66.3 cm³/mol. The van der Waals surface area contributed by atoms with Gasteiger partial charge in [0.15, 0.2) is 0 Å². The molecule has 0 amide bonds. The van der Waals surface area contributed by atoms with Gasteiger partial charge in [0.25, 0.3) is 0 Å². The van der Waals surface area contributed by atoms with Crippen LogP contribution < -0.4 is 4.74 Å². The SMILES string of the molecule is CCOCCOc1cccc2c1CCCC2O. The van der Waals surface area contributed by atoms with Gasteiger partial charge in [0.2, 0.25) is 0 Å². The van der Waals surface area contributed by atoms with Crippen molar-refractivity contribution in [1.29, 1.82) is 0 Å². The molecular weight excluding hydrogens is 216 g/mol. The summed E-state index contributed by atoms with van der Waals surface area (Å²) in [5.41, 5.74) is 2.20. The Morgan fingerprint density at radius 1 is 1.35 bits per heavy atom. The maximum Gasteiger partial charge on any atom is 0.122 e. The Morgan fingerprint density at radius 3 is 3.06 bits per heavy atom. The van der Waals surface area contributed by atoms with E-state index in [0.29, 0.717) is 13.2 Å². The van der Waals surface area contributed by atoms with E-state index in [1.807, 2.05) is 25.1 Å². The third-order valence-electron chi connectivity index (χ3n) is 3.12. The summed E-state index contributed by atoms with van der Waals surface area (Å²) in [5, 5.41) is 9.92. The van der Waals surface area contributed by atoms with E-state index in [0.717, 1.165) is 37.2 Å². The molecule has 1 aliphatic rings. The van der Waals surface area contributed by atoms with Gasteiger partial charge in [-0.25, -0.2) is 0 Å². The van der Waals surface area contributed by atoms with Crippen molar-refractivity contribution >= 4 is 0 Å². The van der Waals surface area contributed by atoms with E-state index in [1.54, 1.807) is 0 Å². The molecule has 1 aromatic rings. The maximum absolute atomic E-state index is 9.92. The van der Waals surface area contributed by atoms with Gasteiger partial charge in [0, 0.05) is 6.61 Å². The van der Waals surface area contributed by atoms with Crippen LogP contribution in [0.25, 0.3) is 0 Å². The second kappa shape index (κ2) is 6.03. The van der Waals surface area contributed by atoms with Crippen molar-refractivity contribution in [3.63, 3.8) is 0 Å². The number of benzene rings is 1. The van der Waals surface area contributed by atoms with Crippen LogP contribution in [-0.2, 0) is 11.2 Å². The second-order valence-electron chi connectivity index (χ2n) is 4.28. The first-order chi connectivity index (χ1) is 8.33. The van der Waals surface area contributed by atoms with E-state index in [1.165, 1.54) is 5.56 Å². The smallest absolute Gasteiger partial charge is 0.122 e. The minimum atomic E-state index is -0.325. The zero-order valence-electron chi connectivity index (χ0n) is 10.3. The van der Waals surface area contributed by atoms with Crippen molar-refractivity contribution in [1.82, 2.24) is 0 Å². The molecule has 3 heteroatoms. The summed E-state index contributed by atoms with van der Waals surface area (Å²) in [6, 6.07) is 5.92. The molecule has 0 fully saturated rings. The van der Waals surface area contributed by atoms with Crippen molar-refractivity contribution in [2.24, 2.45) is 0 Å². The molecule has 1 unspecified atom stereocenters. The lowest BCUT2D eigenvalue weighted by molar-refractivity contribution is 0.109. The Labute approximate surface area is 102 Å². The molecule has 0 aromatic heterocycles. The monoisotopic (exact) mass is 236 g/mol. The predicted octanol–water partition coefficient (Wildman–Crippen LogP) is 2.47. The molecule has 0 spiro atoms. The van der Waals surface area contributed by atoms with Crippen molar-refractivity contribution in [2.75, 3.05) is 19.8 Å². The normalized spacial score (nSPS) is 18.8. The highest BCUT2D eigenvalue weighted by Gasteiger charge is 2.20. The quantitative estimate of drug-likeness (QED) is 0.798. The Hall–Kier alpha value is -1.06. The summed E-state index contributed by atoms with van der Waals surface area (Å²) in [7, 11) is 0. The summed E-state index contributed by atoms with van der Waals surface area (Å²) < 4.78 is 11.0. The average molecular weight is 236 g/mol. The second-order valence-corrected chi connectivity index (χ2v) is 4.28. The number of hydrogen-bond donors (Lipinski definition) is 1. The van der Waals surface area contributed by atoms with Gasteiger partial charge in [-0.2, -0.15) is 0 Å². The Morgan fingerprint density at radius 2 is 2.24 bits per heavy atom. The summed E-state index contributed by atoms with van der Waals surface area (Å²) in [6.45, 7) is 3.87. The van der Waals surface area contributed by atoms with E-state index in [-0.39, 0.29) is 6.10 Å². The molecule has 94 valence electrons. The van der Waals surface area contributed by atoms with Gasteiger partial charge < -0.3 is 14.6 Å². The van der Waals surface area contributed by atoms with Crippen molar-refractivity contribution in [3.8, 4) is 5.75 Å². The highest BCUT2D eigenvalue weighted by atomic mass is 16.5. The zero-order valence-corrected chi connectivity index (χ0v) is 10.3. The van der Waals surface area contributed by atoms with Crippen LogP contribution in [0.2, 0.25) is 0 Å². The number of hydrogen-bond acceptors (Lipinski definition) is 3. The topological polar surface area (TPSA) is 38.7 Å². The van der Waals surface area contributed by atoms with Crippen LogP contribution in [0.1, 0.15) is 37.0 Å². The van der Waals surface area contributed by atoms with E-state index in [9.17, 15) is 5.11 Å². The molecule has 3 nitrogen and oxygen atoms in total. The lowest BCUT2D eigenvalue weighted by Gasteiger charge is -2.23. The summed E-state index contributed by atoms with van der Waals surface area (Å²) >= 11 is 0. The molecule has 0 bridgehead atoms. The molecule has 1 N–H and O–H groups in total. The molecule has 0 saturated heterocycles. The van der Waals surface area contributed by atoms with Gasteiger partial charge in [-0.15, -0.1) is 0 Å². The number of rotatable bonds is 5. The maximum atomic E-state index is 9.92. The molecule has 0 heterocycles. The Balaban J connectivity index is 2.04. The van der Waals surface area contributed by atoms with Crippen LogP contribution in [0.4, 0.5) is 0 Å². The molecule has 0 radical (unpaired) electrons. The highest BCUT2D eigenvalue weighted by Crippen LogP contribution is 2.35. The van der Waals surface area contributed by atoms with Gasteiger partial charge in [-0.1, -0.05) is 12.1 Å². The molecule has 0 aliphatic heterocycles. The molecule has 1 aliphatic carbocycles. The minimum Gasteiger partial charge on any atom is -0.491 e. The Bertz CT molecular complexity index is 362. The number of aliphatic hydroxyl groups excluding tert-OH is 1. The van der Waals surface area contributed by atoms with Crippen molar-refractivity contribution in [3.05, 3.63) is 29.3 Å². The van der Waals surface area contributed by atoms with E-state index in [2.05, 4.69) is 0 Å². The minimum absolute atomic E-state index is 0.325. The van der Waals surface area contributed by atoms with Crippen molar-refractivity contribution in [2.45, 2.75) is 32.3 Å². The lowest BCUT2D eigenvalue weighted by atomic mass is 9.89. The van der Waals surface area contributed by atoms with Gasteiger partial charge in [-0.3, -0.25) is 0 Å². The van der Waals surface area contributed by atoms with Crippen LogP contribution in [0.5, 0.6) is 5.75 Å². The number of fused-ring (bicyclic) bond motifs is 1. The molecule has 0 saturated carbocycles. The number of aliphatic hydroxyl groups is 1. The fourth-order valence-corrected chi connectivity index (χ4v) is 2.28. The van der Waals surface area contributed by atoms with Crippen LogP contribution in [0, 0.1) is 0 Å². The molecule has 2 rings (SSSR count). The van der Waals surface area contributed by atoms with E-state index >= 15 is 0 Å².